The van der Waals surface area contributed by atoms with Gasteiger partial charge in [-0.3, -0.25) is 51.9 Å². The molecule has 0 aromatic carbocycles. The van der Waals surface area contributed by atoms with E-state index in [2.05, 4.69) is 29.9 Å². The summed E-state index contributed by atoms with van der Waals surface area (Å²) in [5.74, 6) is -0.886. The Labute approximate surface area is 269 Å². The van der Waals surface area contributed by atoms with E-state index in [1.807, 2.05) is 0 Å². The first-order valence-corrected chi connectivity index (χ1v) is 18.4. The Hall–Kier alpha value is -3.45. The zero-order chi connectivity index (χ0) is 35.0. The van der Waals surface area contributed by atoms with Crippen molar-refractivity contribution in [3.63, 3.8) is 0 Å². The van der Waals surface area contributed by atoms with Crippen molar-refractivity contribution >= 4 is 57.6 Å². The number of hydrogen-bond donors (Lipinski definition) is 9. The lowest BCUT2D eigenvalue weighted by Crippen LogP contribution is -2.37. The molecule has 49 heavy (non-hydrogen) atoms. The number of phosphoric acid groups is 2. The smallest absolute Gasteiger partial charge is 0.386 e. The molecule has 266 valence electrons. The van der Waals surface area contributed by atoms with Gasteiger partial charge in [0.05, 0.1) is 25.9 Å². The molecule has 3 fully saturated rings. The van der Waals surface area contributed by atoms with Crippen LogP contribution in [0.1, 0.15) is 18.9 Å². The zero-order valence-electron chi connectivity index (χ0n) is 24.1. The topological polar surface area (TPSA) is 373 Å². The van der Waals surface area contributed by atoms with E-state index in [1.54, 1.807) is 5.09 Å². The van der Waals surface area contributed by atoms with Gasteiger partial charge in [-0.15, -0.1) is 0 Å². The third-order valence-corrected chi connectivity index (χ3v) is 10.0. The summed E-state index contributed by atoms with van der Waals surface area (Å²) in [6.07, 6.45) is -8.55. The van der Waals surface area contributed by atoms with Gasteiger partial charge < -0.3 is 39.9 Å². The highest BCUT2D eigenvalue weighted by molar-refractivity contribution is 7.53. The molecule has 0 bridgehead atoms. The highest BCUT2D eigenvalue weighted by Crippen LogP contribution is 2.53. The summed E-state index contributed by atoms with van der Waals surface area (Å²) in [7, 11) is -15.0. The number of ether oxygens (including phenoxy) is 2. The van der Waals surface area contributed by atoms with Crippen LogP contribution in [0, 0.1) is 0 Å². The largest absolute Gasteiger partial charge is 0.472 e. The highest BCUT2D eigenvalue weighted by Gasteiger charge is 2.52. The molecular weight excluding hydrogens is 729 g/mol. The molecule has 3 saturated heterocycles. The lowest BCUT2D eigenvalue weighted by Gasteiger charge is -2.27. The molecule has 0 amide bonds. The molecule has 3 aliphatic heterocycles. The Kier molecular flexibility index (Phi) is 8.40. The fourth-order valence-corrected chi connectivity index (χ4v) is 7.83. The molecule has 0 radical (unpaired) electrons. The lowest BCUT2D eigenvalue weighted by atomic mass is 10.1. The summed E-state index contributed by atoms with van der Waals surface area (Å²) in [5.41, 5.74) is 3.28. The predicted molar refractivity (Wildman–Crippen MR) is 156 cm³/mol. The molecule has 26 nitrogen and oxygen atoms in total. The van der Waals surface area contributed by atoms with Crippen LogP contribution in [0.15, 0.2) is 22.2 Å². The maximum absolute atomic E-state index is 13.1. The predicted octanol–water partition coefficient (Wildman–Crippen LogP) is -2.10. The number of aliphatic hydroxyl groups is 1. The number of nitrogens with one attached hydrogen (secondary N) is 3. The molecule has 4 unspecified atom stereocenters. The number of H-pyrrole nitrogens is 2. The summed E-state index contributed by atoms with van der Waals surface area (Å²) in [6, 6.07) is 0. The minimum atomic E-state index is -5.08. The number of aromatic amines is 2. The van der Waals surface area contributed by atoms with Gasteiger partial charge in [0.2, 0.25) is 11.9 Å². The molecule has 4 aromatic heterocycles. The second kappa shape index (κ2) is 12.1. The van der Waals surface area contributed by atoms with Crippen LogP contribution in [0.3, 0.4) is 0 Å². The van der Waals surface area contributed by atoms with Crippen molar-refractivity contribution in [2.24, 2.45) is 0 Å². The molecule has 9 atom stereocenters. The molecular formula is C20H25N10O16P3. The molecule has 0 spiro atoms. The minimum absolute atomic E-state index is 0.123. The van der Waals surface area contributed by atoms with Crippen LogP contribution in [0.4, 0.5) is 11.9 Å². The Morgan fingerprint density at radius 1 is 0.898 bits per heavy atom. The first-order chi connectivity index (χ1) is 23.0. The molecule has 4 aromatic rings. The van der Waals surface area contributed by atoms with Gasteiger partial charge in [-0.05, 0) is 0 Å². The number of aliphatic hydroxyl groups excluding tert-OH is 1. The van der Waals surface area contributed by atoms with Crippen LogP contribution in [0.2, 0.25) is 0 Å². The lowest BCUT2D eigenvalue weighted by molar-refractivity contribution is -0.0662. The van der Waals surface area contributed by atoms with Gasteiger partial charge in [-0.1, -0.05) is 0 Å². The molecule has 29 heteroatoms. The number of fused-ring (bicyclic) bond motifs is 4. The average molecular weight is 754 g/mol. The van der Waals surface area contributed by atoms with Crippen LogP contribution < -0.4 is 21.9 Å². The van der Waals surface area contributed by atoms with E-state index in [-0.39, 0.29) is 34.7 Å². The van der Waals surface area contributed by atoms with Crippen molar-refractivity contribution in [2.75, 3.05) is 24.0 Å². The number of hydrogen-bond acceptors (Lipinski definition) is 17. The van der Waals surface area contributed by atoms with Gasteiger partial charge in [0.15, 0.2) is 28.6 Å². The standard InChI is InChI=1S/C20H25N10O16P3/c21-19-24-14-10(16(32)26-19)23-5-30(14)18-12(31)13-8(44-18)3-42-48(37,38)45-6-1-9(43-7(6)2-41-49(39,40)46-13)29-4-22-11-15(29)25-20(27-17(11)33)28-47(34,35)36/h4-9,12-13,18,31H,1-3H2,(H,37,38)(H,39,40)(H3,21,24,26,32)(H4,25,27,28,33,34,35,36)/t6?,7-,8+,9-,12?,13+,18-/m1/s1. The monoisotopic (exact) mass is 754 g/mol. The summed E-state index contributed by atoms with van der Waals surface area (Å²) < 4.78 is 72.4. The van der Waals surface area contributed by atoms with E-state index in [9.17, 15) is 48.0 Å². The van der Waals surface area contributed by atoms with Crippen molar-refractivity contribution in [2.45, 2.75) is 49.4 Å². The van der Waals surface area contributed by atoms with Gasteiger partial charge in [-0.2, -0.15) is 9.97 Å². The van der Waals surface area contributed by atoms with E-state index < -0.39 is 96.6 Å². The van der Waals surface area contributed by atoms with E-state index >= 15 is 0 Å². The Balaban J connectivity index is 1.15. The van der Waals surface area contributed by atoms with Crippen molar-refractivity contribution in [3.05, 3.63) is 33.4 Å². The number of nitrogen functional groups attached to an aromatic ring is 1. The van der Waals surface area contributed by atoms with Gasteiger partial charge >= 0.3 is 23.4 Å². The van der Waals surface area contributed by atoms with Gasteiger partial charge in [0.25, 0.3) is 11.1 Å². The third kappa shape index (κ3) is 6.72. The number of rotatable bonds is 4. The van der Waals surface area contributed by atoms with Gasteiger partial charge in [0.1, 0.15) is 36.7 Å². The average Bonchev–Trinajstić information content (AvgIpc) is 3.75. The first kappa shape index (κ1) is 34.0. The van der Waals surface area contributed by atoms with E-state index in [0.29, 0.717) is 0 Å². The van der Waals surface area contributed by atoms with E-state index in [4.69, 9.17) is 33.3 Å². The maximum atomic E-state index is 13.1. The molecule has 0 saturated carbocycles. The molecule has 7 rings (SSSR count). The maximum Gasteiger partial charge on any atom is 0.472 e. The fourth-order valence-electron chi connectivity index (χ4n) is 5.52. The number of anilines is 2. The normalized spacial score (nSPS) is 34.3. The molecule has 0 aliphatic carbocycles. The summed E-state index contributed by atoms with van der Waals surface area (Å²) in [6.45, 7) is -1.64. The number of aromatic nitrogens is 8. The number of nitrogens with two attached hydrogens (primary N) is 1. The van der Waals surface area contributed by atoms with Crippen LogP contribution in [-0.2, 0) is 41.3 Å². The van der Waals surface area contributed by atoms with E-state index in [0.717, 1.165) is 21.8 Å². The highest BCUT2D eigenvalue weighted by atomic mass is 31.2. The number of nitrogens with zero attached hydrogens (tertiary/aromatic N) is 6. The summed E-state index contributed by atoms with van der Waals surface area (Å²) in [4.78, 5) is 84.6. The summed E-state index contributed by atoms with van der Waals surface area (Å²) >= 11 is 0. The fraction of sp³-hybridized carbons (Fsp3) is 0.500. The van der Waals surface area contributed by atoms with Crippen molar-refractivity contribution in [1.82, 2.24) is 39.0 Å². The quantitative estimate of drug-likeness (QED) is 0.101. The van der Waals surface area contributed by atoms with Gasteiger partial charge in [-0.25, -0.2) is 23.7 Å². The Morgan fingerprint density at radius 3 is 2.20 bits per heavy atom. The Bertz CT molecular complexity index is 2200. The molecule has 3 aliphatic rings. The van der Waals surface area contributed by atoms with Crippen molar-refractivity contribution in [3.8, 4) is 0 Å². The zero-order valence-corrected chi connectivity index (χ0v) is 26.8. The van der Waals surface area contributed by atoms with Crippen LogP contribution in [0.25, 0.3) is 22.3 Å². The van der Waals surface area contributed by atoms with Crippen LogP contribution in [-0.4, -0.2) is 107 Å². The first-order valence-electron chi connectivity index (χ1n) is 13.8. The van der Waals surface area contributed by atoms with Crippen molar-refractivity contribution in [1.29, 1.82) is 0 Å². The van der Waals surface area contributed by atoms with Crippen LogP contribution >= 0.6 is 23.4 Å². The minimum Gasteiger partial charge on any atom is -0.386 e. The molecule has 7 heterocycles. The Morgan fingerprint density at radius 2 is 1.51 bits per heavy atom. The summed E-state index contributed by atoms with van der Waals surface area (Å²) in [5, 5.41) is 12.9. The van der Waals surface area contributed by atoms with E-state index in [1.165, 1.54) is 0 Å². The van der Waals surface area contributed by atoms with Crippen molar-refractivity contribution < 1.29 is 65.9 Å². The second-order valence-electron chi connectivity index (χ2n) is 10.8. The molecule has 10 N–H and O–H groups in total. The number of imidazole rings is 2. The van der Waals surface area contributed by atoms with Gasteiger partial charge in [0, 0.05) is 6.42 Å². The third-order valence-electron chi connectivity index (χ3n) is 7.54. The second-order valence-corrected chi connectivity index (χ2v) is 15.0. The SMILES string of the molecule is Nc1nc2c(ncn2[C@@H]2O[C@H]3COP(=O)(O)OC4C[C@H](n5cnc6c(=O)[nH]c(NP(=O)(O)O)nc65)O[C@@H]4COP(=O)(O)O[C@@H]3C2O)c(=O)[nH]1. The van der Waals surface area contributed by atoms with Crippen LogP contribution in [0.5, 0.6) is 0 Å². The number of phosphoric ester groups is 2.